The minimum atomic E-state index is 0. The summed E-state index contributed by atoms with van der Waals surface area (Å²) in [6.07, 6.45) is 5.15. The van der Waals surface area contributed by atoms with Gasteiger partial charge in [-0.1, -0.05) is 6.92 Å². The van der Waals surface area contributed by atoms with E-state index in [9.17, 15) is 0 Å². The molecule has 0 aromatic carbocycles. The van der Waals surface area contributed by atoms with E-state index in [1.807, 2.05) is 13.0 Å². The molecule has 0 aromatic rings. The Morgan fingerprint density at radius 1 is 1.50 bits per heavy atom. The van der Waals surface area contributed by atoms with Crippen molar-refractivity contribution in [3.05, 3.63) is 24.8 Å². The Hall–Kier alpha value is 0.0644. The summed E-state index contributed by atoms with van der Waals surface area (Å²) in [5.74, 6) is 0. The molecule has 0 aliphatic heterocycles. The minimum Gasteiger partial charge on any atom is -0.293 e. The third-order valence-corrected chi connectivity index (χ3v) is 0.304. The molecule has 0 saturated carbocycles. The van der Waals surface area contributed by atoms with Gasteiger partial charge in [-0.15, -0.1) is 0 Å². The molecular formula is C5H7V-. The molecule has 1 radical (unpaired) electrons. The third kappa shape index (κ3) is 8.96. The number of hydrogen-bond donors (Lipinski definition) is 0. The molecule has 6 heavy (non-hydrogen) atoms. The van der Waals surface area contributed by atoms with E-state index in [4.69, 9.17) is 6.58 Å². The first-order valence-corrected chi connectivity index (χ1v) is 1.58. The van der Waals surface area contributed by atoms with E-state index in [1.165, 1.54) is 6.08 Å². The van der Waals surface area contributed by atoms with Crippen LogP contribution in [0.2, 0.25) is 0 Å². The smallest absolute Gasteiger partial charge is 0 e. The van der Waals surface area contributed by atoms with E-state index in [0.29, 0.717) is 0 Å². The van der Waals surface area contributed by atoms with Gasteiger partial charge >= 0.3 is 0 Å². The second-order valence-corrected chi connectivity index (χ2v) is 0.718. The first-order chi connectivity index (χ1) is 2.41. The Morgan fingerprint density at radius 2 is 2.00 bits per heavy atom. The molecule has 0 nitrogen and oxygen atoms in total. The van der Waals surface area contributed by atoms with Crippen LogP contribution >= 0.6 is 0 Å². The molecule has 0 unspecified atom stereocenters. The van der Waals surface area contributed by atoms with E-state index < -0.39 is 0 Å². The summed E-state index contributed by atoms with van der Waals surface area (Å²) < 4.78 is 0. The fourth-order valence-electron chi connectivity index (χ4n) is 0.111. The molecule has 0 spiro atoms. The fourth-order valence-corrected chi connectivity index (χ4v) is 0.111. The van der Waals surface area contributed by atoms with E-state index in [0.717, 1.165) is 0 Å². The number of hydrogen-bond acceptors (Lipinski definition) is 0. The summed E-state index contributed by atoms with van der Waals surface area (Å²) in [5, 5.41) is 0. The molecular weight excluding hydrogens is 111 g/mol. The van der Waals surface area contributed by atoms with Crippen molar-refractivity contribution in [1.82, 2.24) is 0 Å². The van der Waals surface area contributed by atoms with Crippen LogP contribution in [0.4, 0.5) is 0 Å². The molecule has 0 amide bonds. The Labute approximate surface area is 50.8 Å². The molecule has 0 atom stereocenters. The van der Waals surface area contributed by atoms with Gasteiger partial charge in [0.1, 0.15) is 0 Å². The van der Waals surface area contributed by atoms with Crippen LogP contribution in [0.3, 0.4) is 0 Å². The summed E-state index contributed by atoms with van der Waals surface area (Å²) in [5.41, 5.74) is 0. The topological polar surface area (TPSA) is 0 Å². The molecule has 0 bridgehead atoms. The van der Waals surface area contributed by atoms with E-state index in [-0.39, 0.29) is 18.6 Å². The van der Waals surface area contributed by atoms with Crippen LogP contribution in [-0.2, 0) is 18.6 Å². The minimum absolute atomic E-state index is 0. The SMILES string of the molecule is [CH-]=CC=CC.[V]. The van der Waals surface area contributed by atoms with Gasteiger partial charge in [0.25, 0.3) is 0 Å². The molecule has 0 saturated heterocycles. The van der Waals surface area contributed by atoms with Crippen molar-refractivity contribution in [2.24, 2.45) is 0 Å². The molecule has 33 valence electrons. The normalized spacial score (nSPS) is 7.50. The van der Waals surface area contributed by atoms with Crippen molar-refractivity contribution >= 4 is 0 Å². The predicted octanol–water partition coefficient (Wildman–Crippen LogP) is 1.55. The summed E-state index contributed by atoms with van der Waals surface area (Å²) in [4.78, 5) is 0. The summed E-state index contributed by atoms with van der Waals surface area (Å²) in [7, 11) is 0. The second-order valence-electron chi connectivity index (χ2n) is 0.718. The van der Waals surface area contributed by atoms with Crippen LogP contribution in [-0.4, -0.2) is 0 Å². The zero-order valence-corrected chi connectivity index (χ0v) is 5.15. The summed E-state index contributed by atoms with van der Waals surface area (Å²) in [6, 6.07) is 0. The monoisotopic (exact) mass is 118 g/mol. The zero-order valence-electron chi connectivity index (χ0n) is 3.76. The molecule has 0 aliphatic carbocycles. The molecule has 1 heteroatoms. The van der Waals surface area contributed by atoms with Crippen molar-refractivity contribution in [3.8, 4) is 0 Å². The fraction of sp³-hybridized carbons (Fsp3) is 0.200. The Kier molecular flexibility index (Phi) is 14.0. The Morgan fingerprint density at radius 3 is 2.00 bits per heavy atom. The van der Waals surface area contributed by atoms with Gasteiger partial charge in [0.15, 0.2) is 0 Å². The quantitative estimate of drug-likeness (QED) is 0.362. The summed E-state index contributed by atoms with van der Waals surface area (Å²) in [6.45, 7) is 6.85. The van der Waals surface area contributed by atoms with Gasteiger partial charge in [0.05, 0.1) is 0 Å². The third-order valence-electron chi connectivity index (χ3n) is 0.304. The van der Waals surface area contributed by atoms with Crippen molar-refractivity contribution in [1.29, 1.82) is 0 Å². The standard InChI is InChI=1S/C5H7.V/c1-3-5-4-2;/h1,3-5H,2H3;/q-1;. The largest absolute Gasteiger partial charge is 0.293 e. The van der Waals surface area contributed by atoms with Crippen LogP contribution < -0.4 is 0 Å². The second kappa shape index (κ2) is 8.91. The van der Waals surface area contributed by atoms with Crippen LogP contribution in [0.1, 0.15) is 6.92 Å². The average molecular weight is 118 g/mol. The van der Waals surface area contributed by atoms with Gasteiger partial charge in [-0.25, -0.2) is 12.2 Å². The molecule has 0 fully saturated rings. The van der Waals surface area contributed by atoms with Gasteiger partial charge in [-0.2, -0.15) is 6.08 Å². The maximum absolute atomic E-state index is 4.93. The van der Waals surface area contributed by atoms with Gasteiger partial charge in [0, 0.05) is 18.6 Å². The molecule has 0 aromatic heterocycles. The van der Waals surface area contributed by atoms with Crippen molar-refractivity contribution in [2.75, 3.05) is 0 Å². The van der Waals surface area contributed by atoms with Crippen LogP contribution in [0.25, 0.3) is 0 Å². The van der Waals surface area contributed by atoms with E-state index >= 15 is 0 Å². The van der Waals surface area contributed by atoms with E-state index in [1.54, 1.807) is 6.08 Å². The first-order valence-electron chi connectivity index (χ1n) is 1.58. The Bertz CT molecular complexity index is 45.9. The van der Waals surface area contributed by atoms with Gasteiger partial charge in [-0.3, -0.25) is 6.58 Å². The molecule has 0 rings (SSSR count). The van der Waals surface area contributed by atoms with Gasteiger partial charge in [0.2, 0.25) is 0 Å². The van der Waals surface area contributed by atoms with Crippen molar-refractivity contribution in [2.45, 2.75) is 6.92 Å². The predicted molar refractivity (Wildman–Crippen MR) is 23.7 cm³/mol. The van der Waals surface area contributed by atoms with Crippen LogP contribution in [0.5, 0.6) is 0 Å². The van der Waals surface area contributed by atoms with E-state index in [2.05, 4.69) is 0 Å². The maximum Gasteiger partial charge on any atom is 0 e. The molecule has 0 aliphatic rings. The van der Waals surface area contributed by atoms with Gasteiger partial charge in [-0.05, 0) is 0 Å². The van der Waals surface area contributed by atoms with Crippen molar-refractivity contribution in [3.63, 3.8) is 0 Å². The summed E-state index contributed by atoms with van der Waals surface area (Å²) >= 11 is 0. The molecule has 0 heterocycles. The first kappa shape index (κ1) is 9.42. The van der Waals surface area contributed by atoms with Gasteiger partial charge < -0.3 is 0 Å². The Balaban J connectivity index is 0. The molecule has 0 N–H and O–H groups in total. The van der Waals surface area contributed by atoms with Crippen molar-refractivity contribution < 1.29 is 18.6 Å². The zero-order chi connectivity index (χ0) is 4.12. The van der Waals surface area contributed by atoms with Crippen LogP contribution in [0, 0.1) is 6.58 Å². The average Bonchev–Trinajstić information content (AvgIpc) is 1.41. The number of allylic oxidation sites excluding steroid dienone is 3. The number of rotatable bonds is 1. The maximum atomic E-state index is 4.93. The van der Waals surface area contributed by atoms with Crippen LogP contribution in [0.15, 0.2) is 18.2 Å².